The topological polar surface area (TPSA) is 52.6 Å². The first-order valence-corrected chi connectivity index (χ1v) is 8.33. The predicted octanol–water partition coefficient (Wildman–Crippen LogP) is 2.99. The molecule has 0 radical (unpaired) electrons. The number of hydrogen-bond acceptors (Lipinski definition) is 4. The highest BCUT2D eigenvalue weighted by molar-refractivity contribution is 5.72. The molecule has 4 nitrogen and oxygen atoms in total. The highest BCUT2D eigenvalue weighted by Crippen LogP contribution is 2.31. The van der Waals surface area contributed by atoms with Crippen LogP contribution in [0, 0.1) is 23.7 Å². The third kappa shape index (κ3) is 5.10. The molecule has 0 aromatic carbocycles. The molecule has 0 saturated heterocycles. The number of esters is 1. The maximum atomic E-state index is 12.1. The van der Waals surface area contributed by atoms with E-state index in [9.17, 15) is 9.59 Å². The molecule has 21 heavy (non-hydrogen) atoms. The highest BCUT2D eigenvalue weighted by Gasteiger charge is 2.28. The van der Waals surface area contributed by atoms with E-state index in [2.05, 4.69) is 0 Å². The summed E-state index contributed by atoms with van der Waals surface area (Å²) < 4.78 is 10.7. The first-order valence-electron chi connectivity index (χ1n) is 8.33. The fourth-order valence-electron chi connectivity index (χ4n) is 3.61. The van der Waals surface area contributed by atoms with Gasteiger partial charge in [0.25, 0.3) is 0 Å². The van der Waals surface area contributed by atoms with Crippen LogP contribution in [0.1, 0.15) is 51.4 Å². The van der Waals surface area contributed by atoms with E-state index in [-0.39, 0.29) is 17.8 Å². The van der Waals surface area contributed by atoms with Crippen LogP contribution in [0.4, 0.5) is 0 Å². The molecule has 0 unspecified atom stereocenters. The Kier molecular flexibility index (Phi) is 6.68. The lowest BCUT2D eigenvalue weighted by molar-refractivity contribution is -0.152. The summed E-state index contributed by atoms with van der Waals surface area (Å²) in [6.07, 6.45) is 8.96. The molecule has 120 valence electrons. The highest BCUT2D eigenvalue weighted by atomic mass is 16.5. The second-order valence-corrected chi connectivity index (χ2v) is 6.72. The van der Waals surface area contributed by atoms with Crippen molar-refractivity contribution in [2.75, 3.05) is 20.3 Å². The molecule has 2 aliphatic carbocycles. The number of carbonyl (C=O) groups excluding carboxylic acids is 2. The third-order valence-electron chi connectivity index (χ3n) is 5.13. The number of rotatable bonds is 6. The first-order chi connectivity index (χ1) is 10.2. The van der Waals surface area contributed by atoms with Gasteiger partial charge in [0.15, 0.2) is 0 Å². The van der Waals surface area contributed by atoms with Gasteiger partial charge in [0.05, 0.1) is 12.5 Å². The zero-order valence-corrected chi connectivity index (χ0v) is 13.1. The fourth-order valence-corrected chi connectivity index (χ4v) is 3.61. The van der Waals surface area contributed by atoms with Crippen LogP contribution in [-0.4, -0.2) is 32.6 Å². The van der Waals surface area contributed by atoms with Crippen LogP contribution in [-0.2, 0) is 19.1 Å². The molecule has 2 saturated carbocycles. The van der Waals surface area contributed by atoms with Crippen LogP contribution in [0.15, 0.2) is 0 Å². The van der Waals surface area contributed by atoms with Gasteiger partial charge in [0.2, 0.25) is 0 Å². The number of hydrogen-bond donors (Lipinski definition) is 0. The lowest BCUT2D eigenvalue weighted by atomic mass is 9.82. The zero-order valence-electron chi connectivity index (χ0n) is 13.1. The summed E-state index contributed by atoms with van der Waals surface area (Å²) in [4.78, 5) is 22.8. The van der Waals surface area contributed by atoms with Crippen LogP contribution < -0.4 is 0 Å². The number of methoxy groups -OCH3 is 1. The van der Waals surface area contributed by atoms with Gasteiger partial charge in [0.1, 0.15) is 6.29 Å². The van der Waals surface area contributed by atoms with E-state index in [4.69, 9.17) is 9.47 Å². The van der Waals surface area contributed by atoms with Crippen molar-refractivity contribution in [3.63, 3.8) is 0 Å². The molecule has 0 bridgehead atoms. The number of aldehydes is 1. The standard InChI is InChI=1S/C17H28O4/c1-20-11-14-2-4-15(5-3-14)12-21-17(19)16-8-6-13(10-18)7-9-16/h10,13-16H,2-9,11-12H2,1H3. The molecule has 4 heteroatoms. The monoisotopic (exact) mass is 296 g/mol. The Hall–Kier alpha value is -0.900. The van der Waals surface area contributed by atoms with Crippen molar-refractivity contribution in [3.8, 4) is 0 Å². The van der Waals surface area contributed by atoms with Crippen LogP contribution in [0.3, 0.4) is 0 Å². The summed E-state index contributed by atoms with van der Waals surface area (Å²) in [6, 6.07) is 0. The van der Waals surface area contributed by atoms with E-state index >= 15 is 0 Å². The van der Waals surface area contributed by atoms with Gasteiger partial charge in [0, 0.05) is 19.6 Å². The lowest BCUT2D eigenvalue weighted by Gasteiger charge is -2.29. The summed E-state index contributed by atoms with van der Waals surface area (Å²) in [7, 11) is 1.76. The van der Waals surface area contributed by atoms with Crippen molar-refractivity contribution in [3.05, 3.63) is 0 Å². The second kappa shape index (κ2) is 8.52. The minimum Gasteiger partial charge on any atom is -0.465 e. The molecular formula is C17H28O4. The summed E-state index contributed by atoms with van der Waals surface area (Å²) in [6.45, 7) is 1.43. The summed E-state index contributed by atoms with van der Waals surface area (Å²) >= 11 is 0. The van der Waals surface area contributed by atoms with Crippen LogP contribution in [0.5, 0.6) is 0 Å². The van der Waals surface area contributed by atoms with Gasteiger partial charge >= 0.3 is 5.97 Å². The molecule has 0 heterocycles. The third-order valence-corrected chi connectivity index (χ3v) is 5.13. The van der Waals surface area contributed by atoms with Gasteiger partial charge in [-0.05, 0) is 63.2 Å². The van der Waals surface area contributed by atoms with E-state index in [1.54, 1.807) is 7.11 Å². The summed E-state index contributed by atoms with van der Waals surface area (Å²) in [5.74, 6) is 1.34. The smallest absolute Gasteiger partial charge is 0.308 e. The average molecular weight is 296 g/mol. The van der Waals surface area contributed by atoms with Crippen molar-refractivity contribution in [2.24, 2.45) is 23.7 Å². The van der Waals surface area contributed by atoms with Gasteiger partial charge in [-0.2, -0.15) is 0 Å². The maximum absolute atomic E-state index is 12.1. The van der Waals surface area contributed by atoms with Crippen molar-refractivity contribution in [1.82, 2.24) is 0 Å². The molecule has 2 aliphatic rings. The van der Waals surface area contributed by atoms with E-state index in [1.807, 2.05) is 0 Å². The largest absolute Gasteiger partial charge is 0.465 e. The molecule has 0 aliphatic heterocycles. The van der Waals surface area contributed by atoms with Gasteiger partial charge in [-0.1, -0.05) is 0 Å². The molecule has 0 atom stereocenters. The van der Waals surface area contributed by atoms with Gasteiger partial charge in [-0.3, -0.25) is 4.79 Å². The van der Waals surface area contributed by atoms with E-state index in [0.717, 1.165) is 51.4 Å². The minimum atomic E-state index is -0.0432. The Bertz CT molecular complexity index is 326. The van der Waals surface area contributed by atoms with Gasteiger partial charge in [-0.15, -0.1) is 0 Å². The lowest BCUT2D eigenvalue weighted by Crippen LogP contribution is -2.27. The fraction of sp³-hybridized carbons (Fsp3) is 0.882. The summed E-state index contributed by atoms with van der Waals surface area (Å²) in [5.41, 5.74) is 0. The quantitative estimate of drug-likeness (QED) is 0.558. The van der Waals surface area contributed by atoms with Crippen molar-refractivity contribution >= 4 is 12.3 Å². The average Bonchev–Trinajstić information content (AvgIpc) is 2.54. The van der Waals surface area contributed by atoms with E-state index in [0.29, 0.717) is 18.4 Å². The van der Waals surface area contributed by atoms with E-state index in [1.165, 1.54) is 12.8 Å². The van der Waals surface area contributed by atoms with Crippen molar-refractivity contribution in [2.45, 2.75) is 51.4 Å². The Labute approximate surface area is 127 Å². The Balaban J connectivity index is 1.62. The Morgan fingerprint density at radius 3 is 2.05 bits per heavy atom. The van der Waals surface area contributed by atoms with Gasteiger partial charge < -0.3 is 14.3 Å². The molecule has 0 aromatic heterocycles. The Morgan fingerprint density at radius 2 is 1.52 bits per heavy atom. The van der Waals surface area contributed by atoms with Crippen molar-refractivity contribution < 1.29 is 19.1 Å². The predicted molar refractivity (Wildman–Crippen MR) is 79.8 cm³/mol. The SMILES string of the molecule is COCC1CCC(COC(=O)C2CCC(C=O)CC2)CC1. The molecule has 2 fully saturated rings. The molecular weight excluding hydrogens is 268 g/mol. The first kappa shape index (κ1) is 16.5. The van der Waals surface area contributed by atoms with E-state index < -0.39 is 0 Å². The number of carbonyl (C=O) groups is 2. The molecule has 0 aromatic rings. The molecule has 0 spiro atoms. The zero-order chi connectivity index (χ0) is 15.1. The van der Waals surface area contributed by atoms with Crippen LogP contribution in [0.25, 0.3) is 0 Å². The molecule has 0 amide bonds. The number of ether oxygens (including phenoxy) is 2. The summed E-state index contributed by atoms with van der Waals surface area (Å²) in [5, 5.41) is 0. The van der Waals surface area contributed by atoms with Crippen molar-refractivity contribution in [1.29, 1.82) is 0 Å². The van der Waals surface area contributed by atoms with Crippen LogP contribution >= 0.6 is 0 Å². The molecule has 2 rings (SSSR count). The maximum Gasteiger partial charge on any atom is 0.308 e. The minimum absolute atomic E-state index is 0.0195. The normalized spacial score (nSPS) is 33.4. The molecule has 0 N–H and O–H groups in total. The van der Waals surface area contributed by atoms with Crippen LogP contribution in [0.2, 0.25) is 0 Å². The Morgan fingerprint density at radius 1 is 0.952 bits per heavy atom. The van der Waals surface area contributed by atoms with Gasteiger partial charge in [-0.25, -0.2) is 0 Å². The second-order valence-electron chi connectivity index (χ2n) is 6.72.